The van der Waals surface area contributed by atoms with Crippen LogP contribution in [0.1, 0.15) is 44.1 Å². The van der Waals surface area contributed by atoms with E-state index in [1.807, 2.05) is 18.2 Å². The second-order valence-electron chi connectivity index (χ2n) is 9.54. The average molecular weight is 450 g/mol. The van der Waals surface area contributed by atoms with Gasteiger partial charge < -0.3 is 15.0 Å². The molecule has 1 aliphatic carbocycles. The van der Waals surface area contributed by atoms with E-state index in [4.69, 9.17) is 4.74 Å². The monoisotopic (exact) mass is 449 g/mol. The Balaban J connectivity index is 1.38. The van der Waals surface area contributed by atoms with Gasteiger partial charge in [-0.25, -0.2) is 0 Å². The van der Waals surface area contributed by atoms with Gasteiger partial charge >= 0.3 is 0 Å². The molecule has 1 aliphatic heterocycles. The molecule has 178 valence electrons. The molecule has 1 unspecified atom stereocenters. The summed E-state index contributed by atoms with van der Waals surface area (Å²) in [4.78, 5) is 18.3. The van der Waals surface area contributed by atoms with Crippen LogP contribution >= 0.6 is 0 Å². The highest BCUT2D eigenvalue weighted by Gasteiger charge is 2.27. The molecule has 0 radical (unpaired) electrons. The number of methoxy groups -OCH3 is 1. The maximum Gasteiger partial charge on any atom is 0.224 e. The van der Waals surface area contributed by atoms with Gasteiger partial charge in [-0.05, 0) is 37.0 Å². The van der Waals surface area contributed by atoms with E-state index in [1.165, 1.54) is 31.2 Å². The Morgan fingerprint density at radius 1 is 0.939 bits per heavy atom. The summed E-state index contributed by atoms with van der Waals surface area (Å²) in [7, 11) is 1.73. The lowest BCUT2D eigenvalue weighted by atomic mass is 9.96. The molecule has 0 spiro atoms. The second kappa shape index (κ2) is 12.1. The van der Waals surface area contributed by atoms with Gasteiger partial charge in [0.25, 0.3) is 0 Å². The SMILES string of the molecule is COc1ccccc1N1CCN(CC(Cc2ccccc2)C(=O)NC2CCCCCC2)CC1. The Hall–Kier alpha value is -2.53. The van der Waals surface area contributed by atoms with Crippen LogP contribution in [-0.2, 0) is 11.2 Å². The number of amides is 1. The van der Waals surface area contributed by atoms with Gasteiger partial charge in [0.15, 0.2) is 0 Å². The summed E-state index contributed by atoms with van der Waals surface area (Å²) >= 11 is 0. The van der Waals surface area contributed by atoms with E-state index in [-0.39, 0.29) is 11.8 Å². The number of anilines is 1. The lowest BCUT2D eigenvalue weighted by Crippen LogP contribution is -2.50. The first-order chi connectivity index (χ1) is 16.2. The lowest BCUT2D eigenvalue weighted by Gasteiger charge is -2.38. The van der Waals surface area contributed by atoms with Crippen LogP contribution in [0.15, 0.2) is 54.6 Å². The van der Waals surface area contributed by atoms with Gasteiger partial charge in [-0.15, -0.1) is 0 Å². The fourth-order valence-corrected chi connectivity index (χ4v) is 5.26. The number of piperazine rings is 1. The summed E-state index contributed by atoms with van der Waals surface area (Å²) in [5, 5.41) is 3.43. The maximum absolute atomic E-state index is 13.4. The van der Waals surface area contributed by atoms with E-state index < -0.39 is 0 Å². The summed E-state index contributed by atoms with van der Waals surface area (Å²) in [6.45, 7) is 4.62. The van der Waals surface area contributed by atoms with Gasteiger partial charge in [0.1, 0.15) is 5.75 Å². The van der Waals surface area contributed by atoms with Gasteiger partial charge in [-0.1, -0.05) is 68.1 Å². The first kappa shape index (κ1) is 23.6. The Labute approximate surface area is 199 Å². The molecular weight excluding hydrogens is 410 g/mol. The van der Waals surface area contributed by atoms with Crippen LogP contribution in [0, 0.1) is 5.92 Å². The Morgan fingerprint density at radius 3 is 2.30 bits per heavy atom. The van der Waals surface area contributed by atoms with Crippen LogP contribution in [0.5, 0.6) is 5.75 Å². The minimum Gasteiger partial charge on any atom is -0.495 e. The number of ether oxygens (including phenoxy) is 1. The topological polar surface area (TPSA) is 44.8 Å². The third-order valence-corrected chi connectivity index (χ3v) is 7.17. The largest absolute Gasteiger partial charge is 0.495 e. The fraction of sp³-hybridized carbons (Fsp3) is 0.536. The number of carbonyl (C=O) groups is 1. The standard InChI is InChI=1S/C28H39N3O2/c1-33-27-16-10-9-15-26(27)31-19-17-30(18-20-31)22-24(21-23-11-5-4-6-12-23)28(32)29-25-13-7-2-3-8-14-25/h4-6,9-12,15-16,24-25H,2-3,7-8,13-14,17-22H2,1H3,(H,29,32). The van der Waals surface area contributed by atoms with Crippen molar-refractivity contribution in [2.75, 3.05) is 44.7 Å². The number of nitrogens with zero attached hydrogens (tertiary/aromatic N) is 2. The molecule has 33 heavy (non-hydrogen) atoms. The molecule has 1 amide bonds. The summed E-state index contributed by atoms with van der Waals surface area (Å²) in [5.74, 6) is 1.14. The van der Waals surface area contributed by atoms with Gasteiger partial charge in [0.05, 0.1) is 18.7 Å². The normalized spacial score (nSPS) is 19.0. The Morgan fingerprint density at radius 2 is 1.61 bits per heavy atom. The Kier molecular flexibility index (Phi) is 8.65. The average Bonchev–Trinajstić information content (AvgIpc) is 3.13. The van der Waals surface area contributed by atoms with E-state index in [1.54, 1.807) is 7.11 Å². The number of hydrogen-bond donors (Lipinski definition) is 1. The van der Waals surface area contributed by atoms with Crippen molar-refractivity contribution in [2.24, 2.45) is 5.92 Å². The first-order valence-corrected chi connectivity index (χ1v) is 12.7. The molecule has 2 fully saturated rings. The van der Waals surface area contributed by atoms with Crippen molar-refractivity contribution in [2.45, 2.75) is 51.0 Å². The third-order valence-electron chi connectivity index (χ3n) is 7.17. The molecule has 2 aromatic rings. The fourth-order valence-electron chi connectivity index (χ4n) is 5.26. The zero-order valence-corrected chi connectivity index (χ0v) is 20.0. The molecule has 1 saturated heterocycles. The van der Waals surface area contributed by atoms with Crippen molar-refractivity contribution >= 4 is 11.6 Å². The molecule has 4 rings (SSSR count). The minimum atomic E-state index is -0.0199. The lowest BCUT2D eigenvalue weighted by molar-refractivity contribution is -0.126. The molecule has 2 aromatic carbocycles. The predicted molar refractivity (Wildman–Crippen MR) is 135 cm³/mol. The zero-order chi connectivity index (χ0) is 22.9. The van der Waals surface area contributed by atoms with Gasteiger partial charge in [0.2, 0.25) is 5.91 Å². The predicted octanol–water partition coefficient (Wildman–Crippen LogP) is 4.52. The van der Waals surface area contributed by atoms with Crippen molar-refractivity contribution in [1.82, 2.24) is 10.2 Å². The number of rotatable bonds is 8. The third kappa shape index (κ3) is 6.73. The highest BCUT2D eigenvalue weighted by Crippen LogP contribution is 2.28. The van der Waals surface area contributed by atoms with E-state index in [0.717, 1.165) is 63.4 Å². The molecule has 0 bridgehead atoms. The van der Waals surface area contributed by atoms with Gasteiger partial charge in [-0.3, -0.25) is 9.69 Å². The van der Waals surface area contributed by atoms with Gasteiger partial charge in [0, 0.05) is 38.8 Å². The van der Waals surface area contributed by atoms with Crippen LogP contribution in [0.4, 0.5) is 5.69 Å². The molecule has 5 nitrogen and oxygen atoms in total. The highest BCUT2D eigenvalue weighted by molar-refractivity contribution is 5.79. The quantitative estimate of drug-likeness (QED) is 0.602. The van der Waals surface area contributed by atoms with Crippen molar-refractivity contribution < 1.29 is 9.53 Å². The van der Waals surface area contributed by atoms with E-state index in [0.29, 0.717) is 6.04 Å². The van der Waals surface area contributed by atoms with Crippen LogP contribution < -0.4 is 15.0 Å². The van der Waals surface area contributed by atoms with Crippen molar-refractivity contribution in [3.05, 3.63) is 60.2 Å². The minimum absolute atomic E-state index is 0.0199. The molecule has 5 heteroatoms. The summed E-state index contributed by atoms with van der Waals surface area (Å²) in [5.41, 5.74) is 2.40. The number of hydrogen-bond acceptors (Lipinski definition) is 4. The number of benzene rings is 2. The first-order valence-electron chi connectivity index (χ1n) is 12.7. The van der Waals surface area contributed by atoms with Gasteiger partial charge in [-0.2, -0.15) is 0 Å². The summed E-state index contributed by atoms with van der Waals surface area (Å²) in [6.07, 6.45) is 8.12. The molecule has 1 atom stereocenters. The highest BCUT2D eigenvalue weighted by atomic mass is 16.5. The molecule has 1 heterocycles. The summed E-state index contributed by atoms with van der Waals surface area (Å²) < 4.78 is 5.56. The Bertz CT molecular complexity index is 856. The smallest absolute Gasteiger partial charge is 0.224 e. The van der Waals surface area contributed by atoms with E-state index >= 15 is 0 Å². The number of para-hydroxylation sites is 2. The number of carbonyl (C=O) groups excluding carboxylic acids is 1. The van der Waals surface area contributed by atoms with Crippen LogP contribution in [-0.4, -0.2) is 56.7 Å². The van der Waals surface area contributed by atoms with E-state index in [2.05, 4.69) is 51.5 Å². The molecule has 1 N–H and O–H groups in total. The van der Waals surface area contributed by atoms with Crippen LogP contribution in [0.2, 0.25) is 0 Å². The van der Waals surface area contributed by atoms with Crippen molar-refractivity contribution in [1.29, 1.82) is 0 Å². The molecule has 1 saturated carbocycles. The second-order valence-corrected chi connectivity index (χ2v) is 9.54. The number of nitrogens with one attached hydrogen (secondary N) is 1. The van der Waals surface area contributed by atoms with E-state index in [9.17, 15) is 4.79 Å². The van der Waals surface area contributed by atoms with Crippen LogP contribution in [0.25, 0.3) is 0 Å². The molecule has 2 aliphatic rings. The maximum atomic E-state index is 13.4. The molecular formula is C28H39N3O2. The zero-order valence-electron chi connectivity index (χ0n) is 20.0. The van der Waals surface area contributed by atoms with Crippen molar-refractivity contribution in [3.8, 4) is 5.75 Å². The summed E-state index contributed by atoms with van der Waals surface area (Å²) in [6, 6.07) is 19.1. The molecule has 0 aromatic heterocycles. The van der Waals surface area contributed by atoms with Crippen LogP contribution in [0.3, 0.4) is 0 Å². The van der Waals surface area contributed by atoms with Crippen molar-refractivity contribution in [3.63, 3.8) is 0 Å².